The molecule has 1 atom stereocenters. The number of ether oxygens (including phenoxy) is 1. The number of nitrogens with zero attached hydrogens (tertiary/aromatic N) is 2. The van der Waals surface area contributed by atoms with Crippen molar-refractivity contribution >= 4 is 28.9 Å². The maximum atomic E-state index is 12.7. The van der Waals surface area contributed by atoms with E-state index in [0.29, 0.717) is 18.0 Å². The van der Waals surface area contributed by atoms with Gasteiger partial charge in [-0.25, -0.2) is 0 Å². The summed E-state index contributed by atoms with van der Waals surface area (Å²) >= 11 is 0. The Morgan fingerprint density at radius 2 is 2.00 bits per heavy atom. The fourth-order valence-electron chi connectivity index (χ4n) is 3.23. The summed E-state index contributed by atoms with van der Waals surface area (Å²) in [7, 11) is 5.48. The SMILES string of the molecule is COc1ccc(C)cc1N1CC(C(=O)Nc2cccc(N(C)C)c2)CC1=O. The Kier molecular flexibility index (Phi) is 5.35. The van der Waals surface area contributed by atoms with Crippen molar-refractivity contribution in [3.05, 3.63) is 48.0 Å². The minimum absolute atomic E-state index is 0.0684. The van der Waals surface area contributed by atoms with E-state index in [1.807, 2.05) is 68.4 Å². The van der Waals surface area contributed by atoms with Crippen molar-refractivity contribution in [2.24, 2.45) is 5.92 Å². The normalized spacial score (nSPS) is 16.4. The number of hydrogen-bond donors (Lipinski definition) is 1. The van der Waals surface area contributed by atoms with Crippen LogP contribution in [0.3, 0.4) is 0 Å². The van der Waals surface area contributed by atoms with Crippen LogP contribution in [0.4, 0.5) is 17.1 Å². The highest BCUT2D eigenvalue weighted by Crippen LogP contribution is 2.34. The van der Waals surface area contributed by atoms with Crippen molar-refractivity contribution in [2.75, 3.05) is 42.9 Å². The summed E-state index contributed by atoms with van der Waals surface area (Å²) < 4.78 is 5.39. The molecule has 3 rings (SSSR count). The molecule has 0 bridgehead atoms. The highest BCUT2D eigenvalue weighted by molar-refractivity contribution is 6.04. The molecule has 1 heterocycles. The minimum Gasteiger partial charge on any atom is -0.495 e. The van der Waals surface area contributed by atoms with Gasteiger partial charge >= 0.3 is 0 Å². The van der Waals surface area contributed by atoms with E-state index in [4.69, 9.17) is 4.74 Å². The van der Waals surface area contributed by atoms with Gasteiger partial charge in [-0.15, -0.1) is 0 Å². The van der Waals surface area contributed by atoms with Crippen LogP contribution in [0.15, 0.2) is 42.5 Å². The second-order valence-corrected chi connectivity index (χ2v) is 7.01. The van der Waals surface area contributed by atoms with Crippen molar-refractivity contribution in [3.63, 3.8) is 0 Å². The molecule has 0 aromatic heterocycles. The molecule has 0 aliphatic carbocycles. The first kappa shape index (κ1) is 18.8. The fraction of sp³-hybridized carbons (Fsp3) is 0.333. The molecule has 1 aliphatic rings. The average molecular weight is 367 g/mol. The zero-order valence-electron chi connectivity index (χ0n) is 16.2. The molecule has 6 nitrogen and oxygen atoms in total. The molecule has 0 radical (unpaired) electrons. The lowest BCUT2D eigenvalue weighted by molar-refractivity contribution is -0.122. The topological polar surface area (TPSA) is 61.9 Å². The number of benzene rings is 2. The summed E-state index contributed by atoms with van der Waals surface area (Å²) in [6.45, 7) is 2.31. The molecule has 27 heavy (non-hydrogen) atoms. The third kappa shape index (κ3) is 4.05. The van der Waals surface area contributed by atoms with E-state index in [2.05, 4.69) is 5.32 Å². The summed E-state index contributed by atoms with van der Waals surface area (Å²) in [5, 5.41) is 2.94. The van der Waals surface area contributed by atoms with Crippen LogP contribution in [-0.2, 0) is 9.59 Å². The van der Waals surface area contributed by atoms with Gasteiger partial charge in [0.2, 0.25) is 11.8 Å². The predicted octanol–water partition coefficient (Wildman–Crippen LogP) is 3.06. The van der Waals surface area contributed by atoms with Crippen LogP contribution in [0, 0.1) is 12.8 Å². The monoisotopic (exact) mass is 367 g/mol. The maximum absolute atomic E-state index is 12.7. The van der Waals surface area contributed by atoms with Crippen LogP contribution >= 0.6 is 0 Å². The molecule has 1 fully saturated rings. The highest BCUT2D eigenvalue weighted by atomic mass is 16.5. The Bertz CT molecular complexity index is 864. The molecule has 2 aromatic carbocycles. The smallest absolute Gasteiger partial charge is 0.229 e. The van der Waals surface area contributed by atoms with Gasteiger partial charge in [0.15, 0.2) is 0 Å². The molecule has 0 saturated carbocycles. The number of aryl methyl sites for hydroxylation is 1. The number of anilines is 3. The Morgan fingerprint density at radius 1 is 1.22 bits per heavy atom. The van der Waals surface area contributed by atoms with Gasteiger partial charge in [-0.2, -0.15) is 0 Å². The Labute approximate surface area is 159 Å². The third-order valence-electron chi connectivity index (χ3n) is 4.75. The lowest BCUT2D eigenvalue weighted by Crippen LogP contribution is -2.28. The lowest BCUT2D eigenvalue weighted by Gasteiger charge is -2.20. The molecule has 1 unspecified atom stereocenters. The standard InChI is InChI=1S/C21H25N3O3/c1-14-8-9-19(27-4)18(10-14)24-13-15(11-20(24)25)21(26)22-16-6-5-7-17(12-16)23(2)3/h5-10,12,15H,11,13H2,1-4H3,(H,22,26). The molecule has 6 heteroatoms. The first-order valence-electron chi connectivity index (χ1n) is 8.92. The molecular formula is C21H25N3O3. The molecular weight excluding hydrogens is 342 g/mol. The first-order valence-corrected chi connectivity index (χ1v) is 8.92. The lowest BCUT2D eigenvalue weighted by atomic mass is 10.1. The number of amides is 2. The van der Waals surface area contributed by atoms with E-state index in [1.165, 1.54) is 0 Å². The molecule has 2 aromatic rings. The first-order chi connectivity index (χ1) is 12.9. The number of rotatable bonds is 5. The summed E-state index contributed by atoms with van der Waals surface area (Å²) in [4.78, 5) is 28.9. The summed E-state index contributed by atoms with van der Waals surface area (Å²) in [5.74, 6) is 0.0221. The van der Waals surface area contributed by atoms with Crippen molar-refractivity contribution in [2.45, 2.75) is 13.3 Å². The number of methoxy groups -OCH3 is 1. The van der Waals surface area contributed by atoms with Crippen LogP contribution in [0.1, 0.15) is 12.0 Å². The van der Waals surface area contributed by atoms with Crippen LogP contribution in [-0.4, -0.2) is 39.6 Å². The number of hydrogen-bond acceptors (Lipinski definition) is 4. The van der Waals surface area contributed by atoms with E-state index in [1.54, 1.807) is 12.0 Å². The van der Waals surface area contributed by atoms with Crippen molar-refractivity contribution < 1.29 is 14.3 Å². The quantitative estimate of drug-likeness (QED) is 0.882. The van der Waals surface area contributed by atoms with Crippen LogP contribution in [0.2, 0.25) is 0 Å². The molecule has 2 amide bonds. The Morgan fingerprint density at radius 3 is 2.70 bits per heavy atom. The van der Waals surface area contributed by atoms with Crippen molar-refractivity contribution in [3.8, 4) is 5.75 Å². The second kappa shape index (κ2) is 7.70. The van der Waals surface area contributed by atoms with Gasteiger partial charge in [0.25, 0.3) is 0 Å². The summed E-state index contributed by atoms with van der Waals surface area (Å²) in [6, 6.07) is 13.3. The molecule has 1 saturated heterocycles. The summed E-state index contributed by atoms with van der Waals surface area (Å²) in [6.07, 6.45) is 0.191. The molecule has 0 spiro atoms. The fourth-order valence-corrected chi connectivity index (χ4v) is 3.23. The minimum atomic E-state index is -0.397. The number of carbonyl (C=O) groups is 2. The number of carbonyl (C=O) groups excluding carboxylic acids is 2. The van der Waals surface area contributed by atoms with E-state index in [9.17, 15) is 9.59 Å². The average Bonchev–Trinajstić information content (AvgIpc) is 3.03. The van der Waals surface area contributed by atoms with Crippen LogP contribution < -0.4 is 19.9 Å². The third-order valence-corrected chi connectivity index (χ3v) is 4.75. The molecule has 142 valence electrons. The second-order valence-electron chi connectivity index (χ2n) is 7.01. The Balaban J connectivity index is 1.75. The zero-order chi connectivity index (χ0) is 19.6. The van der Waals surface area contributed by atoms with E-state index in [-0.39, 0.29) is 18.2 Å². The largest absolute Gasteiger partial charge is 0.495 e. The molecule has 1 aliphatic heterocycles. The van der Waals surface area contributed by atoms with Gasteiger partial charge in [0, 0.05) is 38.4 Å². The molecule has 1 N–H and O–H groups in total. The van der Waals surface area contributed by atoms with Crippen molar-refractivity contribution in [1.82, 2.24) is 0 Å². The maximum Gasteiger partial charge on any atom is 0.229 e. The van der Waals surface area contributed by atoms with E-state index >= 15 is 0 Å². The summed E-state index contributed by atoms with van der Waals surface area (Å²) in [5.41, 5.74) is 3.48. The zero-order valence-corrected chi connectivity index (χ0v) is 16.2. The van der Waals surface area contributed by atoms with E-state index < -0.39 is 5.92 Å². The van der Waals surface area contributed by atoms with E-state index in [0.717, 1.165) is 16.9 Å². The van der Waals surface area contributed by atoms with Gasteiger partial charge in [0.1, 0.15) is 5.75 Å². The highest BCUT2D eigenvalue weighted by Gasteiger charge is 2.36. The van der Waals surface area contributed by atoms with Crippen LogP contribution in [0.25, 0.3) is 0 Å². The van der Waals surface area contributed by atoms with Gasteiger partial charge in [0.05, 0.1) is 18.7 Å². The van der Waals surface area contributed by atoms with Crippen LogP contribution in [0.5, 0.6) is 5.75 Å². The van der Waals surface area contributed by atoms with Gasteiger partial charge < -0.3 is 19.9 Å². The Hall–Kier alpha value is -3.02. The predicted molar refractivity (Wildman–Crippen MR) is 108 cm³/mol. The van der Waals surface area contributed by atoms with Gasteiger partial charge in [-0.3, -0.25) is 9.59 Å². The van der Waals surface area contributed by atoms with Crippen molar-refractivity contribution in [1.29, 1.82) is 0 Å². The van der Waals surface area contributed by atoms with Gasteiger partial charge in [-0.05, 0) is 42.8 Å². The van der Waals surface area contributed by atoms with Gasteiger partial charge in [-0.1, -0.05) is 12.1 Å². The number of nitrogens with one attached hydrogen (secondary N) is 1.